The van der Waals surface area contributed by atoms with Crippen molar-refractivity contribution in [2.45, 2.75) is 6.92 Å². The summed E-state index contributed by atoms with van der Waals surface area (Å²) in [6, 6.07) is 7.03. The number of H-pyrrole nitrogens is 1. The predicted molar refractivity (Wildman–Crippen MR) is 82.4 cm³/mol. The molecule has 3 rings (SSSR count). The maximum atomic E-state index is 12.5. The second-order valence-electron chi connectivity index (χ2n) is 4.17. The number of rotatable bonds is 1. The van der Waals surface area contributed by atoms with Crippen LogP contribution in [-0.4, -0.2) is 9.55 Å². The lowest BCUT2D eigenvalue weighted by Crippen LogP contribution is -2.19. The zero-order chi connectivity index (χ0) is 13.6. The van der Waals surface area contributed by atoms with Gasteiger partial charge in [-0.2, -0.15) is 0 Å². The van der Waals surface area contributed by atoms with E-state index >= 15 is 0 Å². The molecule has 19 heavy (non-hydrogen) atoms. The highest BCUT2D eigenvalue weighted by Crippen LogP contribution is 2.21. The minimum atomic E-state index is -0.0980. The van der Waals surface area contributed by atoms with Crippen LogP contribution in [-0.2, 0) is 0 Å². The molecule has 0 aliphatic heterocycles. The molecule has 96 valence electrons. The average Bonchev–Trinajstić information content (AvgIpc) is 2.74. The molecule has 0 fully saturated rings. The fourth-order valence-electron chi connectivity index (χ4n) is 1.94. The Bertz CT molecular complexity index is 874. The Kier molecular flexibility index (Phi) is 3.05. The SMILES string of the molecule is Cc1csc2c(=O)n(-c3ccc(Cl)cc3)c(=S)[nH]c12. The van der Waals surface area contributed by atoms with Crippen molar-refractivity contribution < 1.29 is 0 Å². The topological polar surface area (TPSA) is 37.8 Å². The quantitative estimate of drug-likeness (QED) is 0.688. The Hall–Kier alpha value is -1.43. The summed E-state index contributed by atoms with van der Waals surface area (Å²) >= 11 is 12.6. The number of fused-ring (bicyclic) bond motifs is 1. The van der Waals surface area contributed by atoms with E-state index in [-0.39, 0.29) is 5.56 Å². The van der Waals surface area contributed by atoms with E-state index in [9.17, 15) is 4.79 Å². The van der Waals surface area contributed by atoms with Crippen LogP contribution in [0.5, 0.6) is 0 Å². The maximum Gasteiger partial charge on any atom is 0.276 e. The first kappa shape index (κ1) is 12.6. The number of hydrogen-bond acceptors (Lipinski definition) is 3. The molecular weight excluding hydrogens is 300 g/mol. The van der Waals surface area contributed by atoms with Gasteiger partial charge in [-0.3, -0.25) is 9.36 Å². The number of nitrogens with one attached hydrogen (secondary N) is 1. The largest absolute Gasteiger partial charge is 0.330 e. The van der Waals surface area contributed by atoms with Crippen LogP contribution in [0, 0.1) is 11.7 Å². The monoisotopic (exact) mass is 308 g/mol. The number of halogens is 1. The van der Waals surface area contributed by atoms with Crippen LogP contribution in [0.1, 0.15) is 5.56 Å². The van der Waals surface area contributed by atoms with Gasteiger partial charge in [0, 0.05) is 5.02 Å². The van der Waals surface area contributed by atoms with Crippen LogP contribution in [0.3, 0.4) is 0 Å². The Morgan fingerprint density at radius 2 is 2.00 bits per heavy atom. The molecule has 3 aromatic rings. The van der Waals surface area contributed by atoms with E-state index in [0.717, 1.165) is 11.1 Å². The van der Waals surface area contributed by atoms with Gasteiger partial charge in [0.2, 0.25) is 0 Å². The number of nitrogens with zero attached hydrogens (tertiary/aromatic N) is 1. The van der Waals surface area contributed by atoms with Gasteiger partial charge in [0.1, 0.15) is 4.70 Å². The summed E-state index contributed by atoms with van der Waals surface area (Å²) in [7, 11) is 0. The predicted octanol–water partition coefficient (Wildman–Crippen LogP) is 4.07. The first-order chi connectivity index (χ1) is 9.08. The van der Waals surface area contributed by atoms with E-state index in [4.69, 9.17) is 23.8 Å². The van der Waals surface area contributed by atoms with Gasteiger partial charge < -0.3 is 4.98 Å². The second kappa shape index (κ2) is 4.59. The molecule has 0 saturated heterocycles. The molecule has 0 spiro atoms. The van der Waals surface area contributed by atoms with Crippen molar-refractivity contribution in [1.82, 2.24) is 9.55 Å². The number of aryl methyl sites for hydroxylation is 1. The second-order valence-corrected chi connectivity index (χ2v) is 5.87. The lowest BCUT2D eigenvalue weighted by Gasteiger charge is -2.06. The minimum Gasteiger partial charge on any atom is -0.330 e. The Labute approximate surface area is 123 Å². The highest BCUT2D eigenvalue weighted by Gasteiger charge is 2.10. The number of aromatic nitrogens is 2. The lowest BCUT2D eigenvalue weighted by molar-refractivity contribution is 0.942. The van der Waals surface area contributed by atoms with Crippen molar-refractivity contribution in [3.05, 3.63) is 55.4 Å². The van der Waals surface area contributed by atoms with E-state index in [1.807, 2.05) is 12.3 Å². The molecule has 0 amide bonds. The zero-order valence-corrected chi connectivity index (χ0v) is 12.3. The molecule has 6 heteroatoms. The highest BCUT2D eigenvalue weighted by molar-refractivity contribution is 7.71. The Balaban J connectivity index is 2.39. The summed E-state index contributed by atoms with van der Waals surface area (Å²) in [6.07, 6.45) is 0. The van der Waals surface area contributed by atoms with Crippen molar-refractivity contribution in [3.63, 3.8) is 0 Å². The van der Waals surface area contributed by atoms with E-state index < -0.39 is 0 Å². The third-order valence-corrected chi connectivity index (χ3v) is 4.51. The van der Waals surface area contributed by atoms with Gasteiger partial charge in [0.05, 0.1) is 11.2 Å². The molecule has 0 radical (unpaired) electrons. The van der Waals surface area contributed by atoms with Crippen molar-refractivity contribution in [2.75, 3.05) is 0 Å². The summed E-state index contributed by atoms with van der Waals surface area (Å²) < 4.78 is 2.56. The van der Waals surface area contributed by atoms with Crippen LogP contribution >= 0.6 is 35.2 Å². The molecule has 2 heterocycles. The number of aromatic amines is 1. The molecule has 1 N–H and O–H groups in total. The molecule has 0 bridgehead atoms. The maximum absolute atomic E-state index is 12.5. The van der Waals surface area contributed by atoms with Gasteiger partial charge >= 0.3 is 0 Å². The van der Waals surface area contributed by atoms with Gasteiger partial charge in [-0.1, -0.05) is 11.6 Å². The highest BCUT2D eigenvalue weighted by atomic mass is 35.5. The van der Waals surface area contributed by atoms with Gasteiger partial charge in [-0.05, 0) is 54.4 Å². The van der Waals surface area contributed by atoms with E-state index in [2.05, 4.69) is 4.98 Å². The zero-order valence-electron chi connectivity index (χ0n) is 9.94. The molecule has 2 aromatic heterocycles. The van der Waals surface area contributed by atoms with E-state index in [0.29, 0.717) is 20.2 Å². The molecule has 0 atom stereocenters. The lowest BCUT2D eigenvalue weighted by atomic mass is 10.3. The number of benzene rings is 1. The molecule has 3 nitrogen and oxygen atoms in total. The molecule has 0 aliphatic rings. The Morgan fingerprint density at radius 3 is 2.68 bits per heavy atom. The first-order valence-electron chi connectivity index (χ1n) is 5.57. The number of hydrogen-bond donors (Lipinski definition) is 1. The third kappa shape index (κ3) is 2.04. The minimum absolute atomic E-state index is 0.0980. The molecule has 0 aliphatic carbocycles. The molecular formula is C13H9ClN2OS2. The summed E-state index contributed by atoms with van der Waals surface area (Å²) in [5.41, 5.74) is 2.47. The third-order valence-electron chi connectivity index (χ3n) is 2.89. The fraction of sp³-hybridized carbons (Fsp3) is 0.0769. The summed E-state index contributed by atoms with van der Waals surface area (Å²) in [5.74, 6) is 0. The van der Waals surface area contributed by atoms with Gasteiger partial charge in [-0.25, -0.2) is 0 Å². The number of thiophene rings is 1. The Morgan fingerprint density at radius 1 is 1.32 bits per heavy atom. The van der Waals surface area contributed by atoms with Crippen molar-refractivity contribution in [3.8, 4) is 5.69 Å². The van der Waals surface area contributed by atoms with Crippen LogP contribution in [0.25, 0.3) is 15.9 Å². The smallest absolute Gasteiger partial charge is 0.276 e. The van der Waals surface area contributed by atoms with Gasteiger partial charge in [0.15, 0.2) is 4.77 Å². The van der Waals surface area contributed by atoms with Crippen LogP contribution in [0.4, 0.5) is 0 Å². The normalized spacial score (nSPS) is 11.1. The van der Waals surface area contributed by atoms with E-state index in [1.165, 1.54) is 15.9 Å². The molecule has 0 unspecified atom stereocenters. The van der Waals surface area contributed by atoms with Crippen molar-refractivity contribution in [2.24, 2.45) is 0 Å². The van der Waals surface area contributed by atoms with Crippen LogP contribution in [0.15, 0.2) is 34.4 Å². The van der Waals surface area contributed by atoms with Crippen LogP contribution in [0.2, 0.25) is 5.02 Å². The van der Waals surface area contributed by atoms with Crippen molar-refractivity contribution in [1.29, 1.82) is 0 Å². The average molecular weight is 309 g/mol. The molecule has 1 aromatic carbocycles. The molecule has 0 saturated carbocycles. The van der Waals surface area contributed by atoms with E-state index in [1.54, 1.807) is 24.3 Å². The van der Waals surface area contributed by atoms with Gasteiger partial charge in [0.25, 0.3) is 5.56 Å². The summed E-state index contributed by atoms with van der Waals surface area (Å²) in [4.78, 5) is 15.6. The van der Waals surface area contributed by atoms with Crippen molar-refractivity contribution >= 4 is 45.4 Å². The fourth-order valence-corrected chi connectivity index (χ4v) is 3.29. The summed E-state index contributed by atoms with van der Waals surface area (Å²) in [6.45, 7) is 1.95. The standard InChI is InChI=1S/C13H9ClN2OS2/c1-7-6-19-11-10(7)15-13(18)16(12(11)17)9-4-2-8(14)3-5-9/h2-6H,1H3,(H,15,18). The first-order valence-corrected chi connectivity index (χ1v) is 7.23. The van der Waals surface area contributed by atoms with Crippen LogP contribution < -0.4 is 5.56 Å². The summed E-state index contributed by atoms with van der Waals surface area (Å²) in [5, 5.41) is 2.57. The van der Waals surface area contributed by atoms with Gasteiger partial charge in [-0.15, -0.1) is 11.3 Å².